The Morgan fingerprint density at radius 1 is 1.42 bits per heavy atom. The number of anilines is 1. The zero-order valence-electron chi connectivity index (χ0n) is 6.53. The van der Waals surface area contributed by atoms with E-state index in [1.165, 1.54) is 11.8 Å². The maximum atomic E-state index is 5.70. The quantitative estimate of drug-likeness (QED) is 0.424. The molecule has 0 aromatic heterocycles. The first-order valence-corrected chi connectivity index (χ1v) is 4.35. The third-order valence-corrected chi connectivity index (χ3v) is 2.18. The number of allylic oxidation sites excluding steroid dienone is 1. The van der Waals surface area contributed by atoms with Crippen LogP contribution in [-0.2, 0) is 0 Å². The summed E-state index contributed by atoms with van der Waals surface area (Å²) in [4.78, 5) is 1.03. The third kappa shape index (κ3) is 2.37. The van der Waals surface area contributed by atoms with Crippen LogP contribution in [0, 0.1) is 12.3 Å². The molecular weight excluding hydrogens is 166 g/mol. The number of hydrogen-bond donors (Lipinski definition) is 1. The van der Waals surface area contributed by atoms with Gasteiger partial charge in [-0.05, 0) is 23.6 Å². The maximum Gasteiger partial charge on any atom is 0.0455 e. The van der Waals surface area contributed by atoms with Crippen LogP contribution in [-0.4, -0.2) is 0 Å². The molecule has 2 heteroatoms. The van der Waals surface area contributed by atoms with Crippen LogP contribution in [0.25, 0.3) is 0 Å². The summed E-state index contributed by atoms with van der Waals surface area (Å²) in [5.74, 6) is 2.42. The van der Waals surface area contributed by atoms with Gasteiger partial charge in [-0.15, -0.1) is 6.42 Å². The van der Waals surface area contributed by atoms with E-state index in [1.54, 1.807) is 6.08 Å². The zero-order chi connectivity index (χ0) is 8.81. The summed E-state index contributed by atoms with van der Waals surface area (Å²) in [6.45, 7) is 0. The first kappa shape index (κ1) is 8.76. The average molecular weight is 175 g/mol. The van der Waals surface area contributed by atoms with E-state index >= 15 is 0 Å². The van der Waals surface area contributed by atoms with E-state index in [2.05, 4.69) is 5.92 Å². The second kappa shape index (κ2) is 4.53. The van der Waals surface area contributed by atoms with Gasteiger partial charge in [-0.1, -0.05) is 29.8 Å². The summed E-state index contributed by atoms with van der Waals surface area (Å²) >= 11 is 1.52. The molecule has 0 amide bonds. The molecule has 0 saturated heterocycles. The van der Waals surface area contributed by atoms with Crippen LogP contribution in [0.1, 0.15) is 0 Å². The number of benzene rings is 1. The Hall–Kier alpha value is -1.33. The Kier molecular flexibility index (Phi) is 3.31. The molecule has 1 aromatic rings. The summed E-state index contributed by atoms with van der Waals surface area (Å²) in [5.41, 5.74) is 6.48. The molecule has 0 atom stereocenters. The number of hydrogen-bond acceptors (Lipinski definition) is 2. The lowest BCUT2D eigenvalue weighted by atomic mass is 10.3. The molecule has 12 heavy (non-hydrogen) atoms. The smallest absolute Gasteiger partial charge is 0.0455 e. The number of terminal acetylenes is 1. The van der Waals surface area contributed by atoms with Gasteiger partial charge in [0.05, 0.1) is 0 Å². The lowest BCUT2D eigenvalue weighted by molar-refractivity contribution is 1.47. The Labute approximate surface area is 76.7 Å². The number of rotatable bonds is 2. The molecule has 1 nitrogen and oxygen atoms in total. The van der Waals surface area contributed by atoms with Gasteiger partial charge in [0, 0.05) is 10.6 Å². The van der Waals surface area contributed by atoms with E-state index in [4.69, 9.17) is 12.2 Å². The summed E-state index contributed by atoms with van der Waals surface area (Å²) in [6, 6.07) is 7.68. The predicted octanol–water partition coefficient (Wildman–Crippen LogP) is 2.51. The van der Waals surface area contributed by atoms with E-state index in [9.17, 15) is 0 Å². The monoisotopic (exact) mass is 175 g/mol. The third-order valence-electron chi connectivity index (χ3n) is 1.28. The molecule has 0 saturated carbocycles. The molecule has 1 aromatic carbocycles. The minimum Gasteiger partial charge on any atom is -0.398 e. The lowest BCUT2D eigenvalue weighted by Crippen LogP contribution is -1.85. The highest BCUT2D eigenvalue weighted by molar-refractivity contribution is 8.02. The molecule has 0 unspecified atom stereocenters. The van der Waals surface area contributed by atoms with Crippen molar-refractivity contribution >= 4 is 17.4 Å². The van der Waals surface area contributed by atoms with Gasteiger partial charge in [0.25, 0.3) is 0 Å². The highest BCUT2D eigenvalue weighted by atomic mass is 32.2. The first-order chi connectivity index (χ1) is 5.84. The van der Waals surface area contributed by atoms with Gasteiger partial charge in [0.15, 0.2) is 0 Å². The number of para-hydroxylation sites is 1. The largest absolute Gasteiger partial charge is 0.398 e. The fraction of sp³-hybridized carbons (Fsp3) is 0. The number of thioether (sulfide) groups is 1. The topological polar surface area (TPSA) is 26.0 Å². The highest BCUT2D eigenvalue weighted by Crippen LogP contribution is 2.24. The van der Waals surface area contributed by atoms with Crippen LogP contribution in [0.5, 0.6) is 0 Å². The molecule has 60 valence electrons. The molecule has 0 aliphatic heterocycles. The maximum absolute atomic E-state index is 5.70. The van der Waals surface area contributed by atoms with Crippen LogP contribution >= 0.6 is 11.8 Å². The summed E-state index contributed by atoms with van der Waals surface area (Å²) < 4.78 is 0. The molecule has 0 aliphatic rings. The normalized spacial score (nSPS) is 9.92. The summed E-state index contributed by atoms with van der Waals surface area (Å²) in [6.07, 6.45) is 6.70. The first-order valence-electron chi connectivity index (χ1n) is 3.47. The Bertz CT molecular complexity index is 323. The average Bonchev–Trinajstić information content (AvgIpc) is 2.09. The van der Waals surface area contributed by atoms with Crippen molar-refractivity contribution in [3.63, 3.8) is 0 Å². The molecule has 2 N–H and O–H groups in total. The minimum absolute atomic E-state index is 0.782. The SMILES string of the molecule is C#C/C=C/Sc1ccccc1N. The van der Waals surface area contributed by atoms with E-state index in [0.717, 1.165) is 10.6 Å². The van der Waals surface area contributed by atoms with Crippen molar-refractivity contribution in [3.05, 3.63) is 35.7 Å². The van der Waals surface area contributed by atoms with Crippen molar-refractivity contribution in [1.29, 1.82) is 0 Å². The standard InChI is InChI=1S/C10H9NS/c1-2-3-8-12-10-7-5-4-6-9(10)11/h1,3-8H,11H2/b8-3+. The molecule has 0 spiro atoms. The Morgan fingerprint density at radius 3 is 2.83 bits per heavy atom. The molecule has 0 radical (unpaired) electrons. The van der Waals surface area contributed by atoms with Gasteiger partial charge in [0.1, 0.15) is 0 Å². The van der Waals surface area contributed by atoms with E-state index < -0.39 is 0 Å². The lowest BCUT2D eigenvalue weighted by Gasteiger charge is -1.98. The fourth-order valence-corrected chi connectivity index (χ4v) is 1.39. The predicted molar refractivity (Wildman–Crippen MR) is 54.7 cm³/mol. The van der Waals surface area contributed by atoms with Crippen molar-refractivity contribution in [2.24, 2.45) is 0 Å². The molecule has 1 rings (SSSR count). The van der Waals surface area contributed by atoms with Gasteiger partial charge in [-0.3, -0.25) is 0 Å². The number of nitrogens with two attached hydrogens (primary N) is 1. The number of nitrogen functional groups attached to an aromatic ring is 1. The van der Waals surface area contributed by atoms with Crippen LogP contribution in [0.15, 0.2) is 40.6 Å². The molecule has 0 bridgehead atoms. The van der Waals surface area contributed by atoms with Gasteiger partial charge in [0.2, 0.25) is 0 Å². The zero-order valence-corrected chi connectivity index (χ0v) is 7.34. The van der Waals surface area contributed by atoms with E-state index in [-0.39, 0.29) is 0 Å². The highest BCUT2D eigenvalue weighted by Gasteiger charge is 1.93. The van der Waals surface area contributed by atoms with Crippen molar-refractivity contribution in [3.8, 4) is 12.3 Å². The fourth-order valence-electron chi connectivity index (χ4n) is 0.734. The van der Waals surface area contributed by atoms with Crippen molar-refractivity contribution in [2.45, 2.75) is 4.90 Å². The second-order valence-electron chi connectivity index (χ2n) is 2.13. The Morgan fingerprint density at radius 2 is 2.17 bits per heavy atom. The van der Waals surface area contributed by atoms with Crippen LogP contribution < -0.4 is 5.73 Å². The van der Waals surface area contributed by atoms with Crippen LogP contribution in [0.2, 0.25) is 0 Å². The summed E-state index contributed by atoms with van der Waals surface area (Å²) in [7, 11) is 0. The van der Waals surface area contributed by atoms with Crippen molar-refractivity contribution in [2.75, 3.05) is 5.73 Å². The summed E-state index contributed by atoms with van der Waals surface area (Å²) in [5, 5.41) is 1.84. The van der Waals surface area contributed by atoms with E-state index in [0.29, 0.717) is 0 Å². The van der Waals surface area contributed by atoms with Crippen LogP contribution in [0.3, 0.4) is 0 Å². The Balaban J connectivity index is 2.71. The minimum atomic E-state index is 0.782. The van der Waals surface area contributed by atoms with Crippen LogP contribution in [0.4, 0.5) is 5.69 Å². The van der Waals surface area contributed by atoms with Crippen molar-refractivity contribution < 1.29 is 0 Å². The molecule has 0 fully saturated rings. The van der Waals surface area contributed by atoms with Gasteiger partial charge < -0.3 is 5.73 Å². The van der Waals surface area contributed by atoms with Gasteiger partial charge in [-0.2, -0.15) is 0 Å². The molecule has 0 heterocycles. The second-order valence-corrected chi connectivity index (χ2v) is 3.07. The van der Waals surface area contributed by atoms with Gasteiger partial charge >= 0.3 is 0 Å². The van der Waals surface area contributed by atoms with E-state index in [1.807, 2.05) is 29.7 Å². The van der Waals surface area contributed by atoms with Gasteiger partial charge in [-0.25, -0.2) is 0 Å². The molecule has 0 aliphatic carbocycles. The molecular formula is C10H9NS. The van der Waals surface area contributed by atoms with Crippen molar-refractivity contribution in [1.82, 2.24) is 0 Å².